The fourth-order valence-corrected chi connectivity index (χ4v) is 3.86. The average molecular weight is 353 g/mol. The Morgan fingerprint density at radius 2 is 1.79 bits per heavy atom. The van der Waals surface area contributed by atoms with Gasteiger partial charge < -0.3 is 4.74 Å². The number of ether oxygens (including phenoxy) is 1. The van der Waals surface area contributed by atoms with Crippen LogP contribution in [0.2, 0.25) is 0 Å². The molecule has 0 aliphatic carbocycles. The Morgan fingerprint density at radius 1 is 1.17 bits per heavy atom. The van der Waals surface area contributed by atoms with Crippen LogP contribution in [0.5, 0.6) is 0 Å². The summed E-state index contributed by atoms with van der Waals surface area (Å²) in [5.74, 6) is -0.900. The van der Waals surface area contributed by atoms with Crippen LogP contribution in [0.1, 0.15) is 44.0 Å². The van der Waals surface area contributed by atoms with E-state index in [2.05, 4.69) is 0 Å². The van der Waals surface area contributed by atoms with Gasteiger partial charge in [-0.1, -0.05) is 26.8 Å². The molecule has 1 heterocycles. The highest BCUT2D eigenvalue weighted by Crippen LogP contribution is 2.22. The number of rotatable bonds is 5. The van der Waals surface area contributed by atoms with Crippen LogP contribution in [0.4, 0.5) is 0 Å². The van der Waals surface area contributed by atoms with E-state index in [0.29, 0.717) is 13.1 Å². The van der Waals surface area contributed by atoms with Crippen molar-refractivity contribution in [3.05, 3.63) is 29.8 Å². The van der Waals surface area contributed by atoms with E-state index >= 15 is 0 Å². The number of esters is 1. The van der Waals surface area contributed by atoms with Gasteiger partial charge in [-0.25, -0.2) is 13.2 Å². The molecule has 24 heavy (non-hydrogen) atoms. The molecule has 6 nitrogen and oxygen atoms in total. The molecule has 0 spiro atoms. The van der Waals surface area contributed by atoms with E-state index in [9.17, 15) is 18.0 Å². The first-order valence-electron chi connectivity index (χ1n) is 7.93. The normalized spacial score (nSPS) is 16.1. The van der Waals surface area contributed by atoms with Crippen LogP contribution in [0.3, 0.4) is 0 Å². The fraction of sp³-hybridized carbons (Fsp3) is 0.529. The van der Waals surface area contributed by atoms with Gasteiger partial charge in [-0.05, 0) is 31.0 Å². The number of Topliss-reactive ketones (excluding diaryl/α,β-unsaturated/α-hetero) is 1. The minimum Gasteiger partial charge on any atom is -0.454 e. The zero-order valence-corrected chi connectivity index (χ0v) is 15.1. The Hall–Kier alpha value is -1.73. The van der Waals surface area contributed by atoms with Gasteiger partial charge in [0.25, 0.3) is 0 Å². The van der Waals surface area contributed by atoms with Crippen molar-refractivity contribution in [2.45, 2.75) is 38.5 Å². The van der Waals surface area contributed by atoms with E-state index < -0.39 is 21.4 Å². The van der Waals surface area contributed by atoms with Gasteiger partial charge in [0.1, 0.15) is 0 Å². The van der Waals surface area contributed by atoms with E-state index in [-0.39, 0.29) is 22.8 Å². The molecule has 132 valence electrons. The van der Waals surface area contributed by atoms with E-state index in [4.69, 9.17) is 4.74 Å². The summed E-state index contributed by atoms with van der Waals surface area (Å²) >= 11 is 0. The predicted octanol–water partition coefficient (Wildman–Crippen LogP) is 2.24. The minimum absolute atomic E-state index is 0.0704. The van der Waals surface area contributed by atoms with Gasteiger partial charge in [-0.3, -0.25) is 4.79 Å². The third kappa shape index (κ3) is 4.21. The van der Waals surface area contributed by atoms with E-state index in [1.807, 2.05) is 0 Å². The van der Waals surface area contributed by atoms with Crippen LogP contribution in [0, 0.1) is 5.41 Å². The first-order chi connectivity index (χ1) is 11.1. The van der Waals surface area contributed by atoms with E-state index in [1.165, 1.54) is 28.6 Å². The van der Waals surface area contributed by atoms with Gasteiger partial charge >= 0.3 is 5.97 Å². The second-order valence-corrected chi connectivity index (χ2v) is 8.83. The van der Waals surface area contributed by atoms with Crippen LogP contribution < -0.4 is 0 Å². The highest BCUT2D eigenvalue weighted by atomic mass is 32.2. The van der Waals surface area contributed by atoms with Crippen molar-refractivity contribution in [2.24, 2.45) is 5.41 Å². The zero-order chi connectivity index (χ0) is 18.0. The molecule has 1 aromatic carbocycles. The molecule has 0 unspecified atom stereocenters. The number of hydrogen-bond donors (Lipinski definition) is 0. The van der Waals surface area contributed by atoms with E-state index in [1.54, 1.807) is 20.8 Å². The quantitative estimate of drug-likeness (QED) is 0.759. The topological polar surface area (TPSA) is 80.8 Å². The number of carbonyl (C=O) groups excluding carboxylic acids is 2. The van der Waals surface area contributed by atoms with Crippen molar-refractivity contribution < 1.29 is 22.7 Å². The van der Waals surface area contributed by atoms with Crippen LogP contribution in [0.25, 0.3) is 0 Å². The Bertz CT molecular complexity index is 728. The third-order valence-corrected chi connectivity index (χ3v) is 5.84. The molecule has 0 N–H and O–H groups in total. The zero-order valence-electron chi connectivity index (χ0n) is 14.2. The lowest BCUT2D eigenvalue weighted by atomic mass is 9.91. The van der Waals surface area contributed by atoms with Gasteiger partial charge in [0.2, 0.25) is 10.0 Å². The SMILES string of the molecule is CC(C)(C)C(=O)COC(=O)c1cccc(S(=O)(=O)N2CCCC2)c1. The third-order valence-electron chi connectivity index (χ3n) is 3.94. The van der Waals surface area contributed by atoms with Crippen LogP contribution in [0.15, 0.2) is 29.2 Å². The fourth-order valence-electron chi connectivity index (χ4n) is 2.29. The van der Waals surface area contributed by atoms with Crippen molar-refractivity contribution in [1.29, 1.82) is 0 Å². The Morgan fingerprint density at radius 3 is 2.38 bits per heavy atom. The number of carbonyl (C=O) groups is 2. The molecule has 1 aliphatic heterocycles. The lowest BCUT2D eigenvalue weighted by molar-refractivity contribution is -0.129. The van der Waals surface area contributed by atoms with Gasteiger partial charge in [0.15, 0.2) is 12.4 Å². The van der Waals surface area contributed by atoms with Crippen molar-refractivity contribution >= 4 is 21.8 Å². The number of benzene rings is 1. The summed E-state index contributed by atoms with van der Waals surface area (Å²) in [5, 5.41) is 0. The highest BCUT2D eigenvalue weighted by Gasteiger charge is 2.28. The smallest absolute Gasteiger partial charge is 0.338 e. The molecule has 1 fully saturated rings. The lowest BCUT2D eigenvalue weighted by Crippen LogP contribution is -2.28. The molecule has 0 aromatic heterocycles. The van der Waals surface area contributed by atoms with Crippen molar-refractivity contribution in [3.8, 4) is 0 Å². The molecule has 7 heteroatoms. The summed E-state index contributed by atoms with van der Waals surface area (Å²) in [6.07, 6.45) is 1.69. The summed E-state index contributed by atoms with van der Waals surface area (Å²) in [5.41, 5.74) is -0.474. The average Bonchev–Trinajstić information content (AvgIpc) is 3.06. The predicted molar refractivity (Wildman–Crippen MR) is 89.2 cm³/mol. The molecule has 1 aromatic rings. The molecule has 0 radical (unpaired) electrons. The molecule has 0 saturated carbocycles. The Labute approximate surface area is 142 Å². The molecular weight excluding hydrogens is 330 g/mol. The summed E-state index contributed by atoms with van der Waals surface area (Å²) < 4.78 is 31.5. The van der Waals surface area contributed by atoms with Crippen molar-refractivity contribution in [2.75, 3.05) is 19.7 Å². The minimum atomic E-state index is -3.59. The number of sulfonamides is 1. The molecule has 0 amide bonds. The van der Waals surface area contributed by atoms with Crippen LogP contribution in [-0.4, -0.2) is 44.2 Å². The Kier molecular flexibility index (Phi) is 5.45. The summed E-state index contributed by atoms with van der Waals surface area (Å²) in [4.78, 5) is 24.0. The number of ketones is 1. The van der Waals surface area contributed by atoms with Crippen LogP contribution >= 0.6 is 0 Å². The molecular formula is C17H23NO5S. The van der Waals surface area contributed by atoms with Crippen LogP contribution in [-0.2, 0) is 19.6 Å². The lowest BCUT2D eigenvalue weighted by Gasteiger charge is -2.17. The molecule has 2 rings (SSSR count). The monoisotopic (exact) mass is 353 g/mol. The molecule has 1 saturated heterocycles. The summed E-state index contributed by atoms with van der Waals surface area (Å²) in [6.45, 7) is 5.89. The summed E-state index contributed by atoms with van der Waals surface area (Å²) in [6, 6.07) is 5.75. The molecule has 0 atom stereocenters. The summed E-state index contributed by atoms with van der Waals surface area (Å²) in [7, 11) is -3.59. The van der Waals surface area contributed by atoms with E-state index in [0.717, 1.165) is 12.8 Å². The number of hydrogen-bond acceptors (Lipinski definition) is 5. The van der Waals surface area contributed by atoms with Crippen molar-refractivity contribution in [3.63, 3.8) is 0 Å². The number of nitrogens with zero attached hydrogens (tertiary/aromatic N) is 1. The largest absolute Gasteiger partial charge is 0.454 e. The Balaban J connectivity index is 2.12. The second kappa shape index (κ2) is 7.03. The van der Waals surface area contributed by atoms with Crippen molar-refractivity contribution in [1.82, 2.24) is 4.31 Å². The van der Waals surface area contributed by atoms with Gasteiger partial charge in [0, 0.05) is 18.5 Å². The standard InChI is InChI=1S/C17H23NO5S/c1-17(2,3)15(19)12-23-16(20)13-7-6-8-14(11-13)24(21,22)18-9-4-5-10-18/h6-8,11H,4-5,9-10,12H2,1-3H3. The van der Waals surface area contributed by atoms with Gasteiger partial charge in [-0.15, -0.1) is 0 Å². The van der Waals surface area contributed by atoms with Gasteiger partial charge in [0.05, 0.1) is 10.5 Å². The first kappa shape index (κ1) is 18.6. The molecule has 1 aliphatic rings. The maximum atomic E-state index is 12.5. The first-order valence-corrected chi connectivity index (χ1v) is 9.37. The second-order valence-electron chi connectivity index (χ2n) is 6.89. The van der Waals surface area contributed by atoms with Gasteiger partial charge in [-0.2, -0.15) is 4.31 Å². The maximum Gasteiger partial charge on any atom is 0.338 e. The highest BCUT2D eigenvalue weighted by molar-refractivity contribution is 7.89. The molecule has 0 bridgehead atoms. The maximum absolute atomic E-state index is 12.5.